The van der Waals surface area contributed by atoms with Crippen molar-refractivity contribution in [1.29, 1.82) is 0 Å². The molecule has 1 aromatic carbocycles. The van der Waals surface area contributed by atoms with Crippen molar-refractivity contribution >= 4 is 11.7 Å². The van der Waals surface area contributed by atoms with Gasteiger partial charge < -0.3 is 19.5 Å². The Balaban J connectivity index is 1.56. The molecule has 32 heavy (non-hydrogen) atoms. The number of nitrogens with zero attached hydrogens (tertiary/aromatic N) is 2. The molecular formula is C23H26F3N3O3. The highest BCUT2D eigenvalue weighted by molar-refractivity contribution is 5.99. The van der Waals surface area contributed by atoms with Gasteiger partial charge in [0.1, 0.15) is 5.75 Å². The molecule has 1 spiro atoms. The average Bonchev–Trinajstić information content (AvgIpc) is 3.16. The summed E-state index contributed by atoms with van der Waals surface area (Å²) in [6.45, 7) is 4.97. The number of carbonyl (C=O) groups excluding carboxylic acids is 2. The summed E-state index contributed by atoms with van der Waals surface area (Å²) in [4.78, 5) is 26.7. The molecule has 3 heterocycles. The maximum absolute atomic E-state index is 13.1. The summed E-state index contributed by atoms with van der Waals surface area (Å²) in [6, 6.07) is 8.07. The number of methoxy groups -OCH3 is 1. The molecule has 0 unspecified atom stereocenters. The lowest BCUT2D eigenvalue weighted by molar-refractivity contribution is -0.0891. The Morgan fingerprint density at radius 1 is 1.16 bits per heavy atom. The van der Waals surface area contributed by atoms with E-state index in [1.54, 1.807) is 36.3 Å². The van der Waals surface area contributed by atoms with Crippen molar-refractivity contribution in [2.75, 3.05) is 20.2 Å². The molecule has 0 bridgehead atoms. The molecule has 6 nitrogen and oxygen atoms in total. The number of piperidine rings is 1. The fourth-order valence-electron chi connectivity index (χ4n) is 4.98. The Morgan fingerprint density at radius 2 is 1.84 bits per heavy atom. The molecule has 0 radical (unpaired) electrons. The van der Waals surface area contributed by atoms with Gasteiger partial charge in [0.2, 0.25) is 0 Å². The first kappa shape index (κ1) is 22.4. The van der Waals surface area contributed by atoms with Crippen molar-refractivity contribution in [1.82, 2.24) is 14.8 Å². The molecule has 2 aliphatic rings. The Labute approximate surface area is 184 Å². The normalized spacial score (nSPS) is 20.2. The molecule has 1 amide bonds. The summed E-state index contributed by atoms with van der Waals surface area (Å²) in [5, 5.41) is 3.53. The van der Waals surface area contributed by atoms with Gasteiger partial charge in [-0.1, -0.05) is 0 Å². The van der Waals surface area contributed by atoms with Crippen LogP contribution in [0.1, 0.15) is 51.9 Å². The molecule has 1 N–H and O–H groups in total. The topological polar surface area (TPSA) is 63.6 Å². The third kappa shape index (κ3) is 3.79. The van der Waals surface area contributed by atoms with Crippen LogP contribution in [0.15, 0.2) is 30.3 Å². The van der Waals surface area contributed by atoms with Gasteiger partial charge in [-0.15, -0.1) is 0 Å². The maximum Gasteiger partial charge on any atom is 0.456 e. The monoisotopic (exact) mass is 449 g/mol. The summed E-state index contributed by atoms with van der Waals surface area (Å²) in [5.41, 5.74) is 1.22. The number of ketones is 1. The average molecular weight is 449 g/mol. The number of benzene rings is 1. The molecule has 2 aliphatic heterocycles. The van der Waals surface area contributed by atoms with Gasteiger partial charge in [-0.2, -0.15) is 13.2 Å². The number of fused-ring (bicyclic) bond motifs is 2. The van der Waals surface area contributed by atoms with E-state index < -0.39 is 17.5 Å². The van der Waals surface area contributed by atoms with Crippen LogP contribution in [0.4, 0.5) is 13.2 Å². The molecule has 9 heteroatoms. The van der Waals surface area contributed by atoms with Crippen LogP contribution >= 0.6 is 0 Å². The fourth-order valence-corrected chi connectivity index (χ4v) is 4.98. The van der Waals surface area contributed by atoms with Gasteiger partial charge in [0, 0.05) is 36.9 Å². The predicted molar refractivity (Wildman–Crippen MR) is 112 cm³/mol. The summed E-state index contributed by atoms with van der Waals surface area (Å²) in [7, 11) is 1.58. The summed E-state index contributed by atoms with van der Waals surface area (Å²) in [6.07, 6.45) is -3.83. The van der Waals surface area contributed by atoms with Crippen LogP contribution in [0.5, 0.6) is 5.75 Å². The van der Waals surface area contributed by atoms with Gasteiger partial charge in [0.25, 0.3) is 11.7 Å². The predicted octanol–water partition coefficient (Wildman–Crippen LogP) is 3.67. The molecule has 1 fully saturated rings. The van der Waals surface area contributed by atoms with Crippen LogP contribution < -0.4 is 10.1 Å². The Bertz CT molecular complexity index is 1050. The lowest BCUT2D eigenvalue weighted by Crippen LogP contribution is -2.59. The Morgan fingerprint density at radius 3 is 2.44 bits per heavy atom. The summed E-state index contributed by atoms with van der Waals surface area (Å²) >= 11 is 0. The number of carbonyl (C=O) groups is 2. The zero-order valence-electron chi connectivity index (χ0n) is 18.3. The quantitative estimate of drug-likeness (QED) is 0.727. The number of hydrogen-bond donors (Lipinski definition) is 1. The van der Waals surface area contributed by atoms with Gasteiger partial charge in [0.05, 0.1) is 18.3 Å². The van der Waals surface area contributed by atoms with E-state index in [2.05, 4.69) is 5.32 Å². The second-order valence-corrected chi connectivity index (χ2v) is 8.65. The lowest BCUT2D eigenvalue weighted by Gasteiger charge is -2.47. The summed E-state index contributed by atoms with van der Waals surface area (Å²) in [5.74, 6) is -1.20. The highest BCUT2D eigenvalue weighted by Crippen LogP contribution is 2.39. The van der Waals surface area contributed by atoms with Gasteiger partial charge in [-0.25, -0.2) is 0 Å². The van der Waals surface area contributed by atoms with Crippen molar-refractivity contribution in [2.24, 2.45) is 0 Å². The minimum Gasteiger partial charge on any atom is -0.496 e. The number of aromatic nitrogens is 1. The van der Waals surface area contributed by atoms with Crippen LogP contribution in [0.2, 0.25) is 0 Å². The van der Waals surface area contributed by atoms with E-state index in [0.717, 1.165) is 5.56 Å². The number of halogens is 3. The lowest BCUT2D eigenvalue weighted by atomic mass is 9.82. The Hall–Kier alpha value is -2.81. The Kier molecular flexibility index (Phi) is 5.56. The number of rotatable bonds is 3. The standard InChI is InChI=1S/C23H26F3N3O3/c1-14-12-16(4-6-18(14)32-3)21(31)28-10-8-22(9-11-28)19-7-5-17(20(30)23(24,25)26)29(19)13-15(2)27-22/h4-7,12,15,27H,8-11,13H2,1-3H3/t15-/m0/s1. The van der Waals surface area contributed by atoms with Gasteiger partial charge in [-0.3, -0.25) is 9.59 Å². The number of amides is 1. The molecule has 0 saturated carbocycles. The third-order valence-electron chi connectivity index (χ3n) is 6.49. The molecule has 1 saturated heterocycles. The number of nitrogens with one attached hydrogen (secondary N) is 1. The zero-order valence-corrected chi connectivity index (χ0v) is 18.3. The first-order chi connectivity index (χ1) is 15.1. The molecule has 0 aliphatic carbocycles. The number of ether oxygens (including phenoxy) is 1. The number of likely N-dealkylation sites (tertiary alicyclic amines) is 1. The van der Waals surface area contributed by atoms with Crippen LogP contribution in [0.25, 0.3) is 0 Å². The van der Waals surface area contributed by atoms with E-state index in [-0.39, 0.29) is 24.2 Å². The van der Waals surface area contributed by atoms with Crippen molar-refractivity contribution < 1.29 is 27.5 Å². The van der Waals surface area contributed by atoms with E-state index in [0.29, 0.717) is 42.9 Å². The SMILES string of the molecule is COc1ccc(C(=O)N2CCC3(CC2)N[C@@H](C)Cn2c(C(=O)C(F)(F)F)ccc23)cc1C. The van der Waals surface area contributed by atoms with E-state index in [1.165, 1.54) is 10.6 Å². The third-order valence-corrected chi connectivity index (χ3v) is 6.49. The fraction of sp³-hybridized carbons (Fsp3) is 0.478. The first-order valence-electron chi connectivity index (χ1n) is 10.6. The highest BCUT2D eigenvalue weighted by Gasteiger charge is 2.46. The summed E-state index contributed by atoms with van der Waals surface area (Å²) < 4.78 is 45.9. The van der Waals surface area contributed by atoms with E-state index in [1.807, 2.05) is 13.8 Å². The number of Topliss-reactive ketones (excluding diaryl/α,β-unsaturated/α-hetero) is 1. The van der Waals surface area contributed by atoms with Crippen LogP contribution in [-0.4, -0.2) is 53.6 Å². The van der Waals surface area contributed by atoms with Crippen LogP contribution in [0, 0.1) is 6.92 Å². The first-order valence-corrected chi connectivity index (χ1v) is 10.6. The van der Waals surface area contributed by atoms with Crippen molar-refractivity contribution in [2.45, 2.75) is 51.0 Å². The number of alkyl halides is 3. The van der Waals surface area contributed by atoms with Gasteiger partial charge in [0.15, 0.2) is 0 Å². The van der Waals surface area contributed by atoms with Crippen molar-refractivity contribution in [3.8, 4) is 5.75 Å². The van der Waals surface area contributed by atoms with Crippen molar-refractivity contribution in [3.05, 3.63) is 52.8 Å². The molecule has 172 valence electrons. The van der Waals surface area contributed by atoms with Crippen LogP contribution in [0.3, 0.4) is 0 Å². The second-order valence-electron chi connectivity index (χ2n) is 8.65. The van der Waals surface area contributed by atoms with Gasteiger partial charge in [-0.05, 0) is 62.6 Å². The number of hydrogen-bond acceptors (Lipinski definition) is 4. The molecule has 1 atom stereocenters. The van der Waals surface area contributed by atoms with E-state index >= 15 is 0 Å². The minimum absolute atomic E-state index is 0.0854. The van der Waals surface area contributed by atoms with Crippen LogP contribution in [-0.2, 0) is 12.1 Å². The minimum atomic E-state index is -4.91. The zero-order chi connectivity index (χ0) is 23.3. The molecule has 2 aromatic rings. The highest BCUT2D eigenvalue weighted by atomic mass is 19.4. The maximum atomic E-state index is 13.1. The number of aryl methyl sites for hydroxylation is 1. The molecule has 4 rings (SSSR count). The van der Waals surface area contributed by atoms with Gasteiger partial charge >= 0.3 is 6.18 Å². The van der Waals surface area contributed by atoms with Crippen molar-refractivity contribution in [3.63, 3.8) is 0 Å². The van der Waals surface area contributed by atoms with E-state index in [9.17, 15) is 22.8 Å². The molecular weight excluding hydrogens is 423 g/mol. The smallest absolute Gasteiger partial charge is 0.456 e. The largest absolute Gasteiger partial charge is 0.496 e. The van der Waals surface area contributed by atoms with E-state index in [4.69, 9.17) is 4.74 Å². The molecule has 1 aromatic heterocycles. The second kappa shape index (κ2) is 7.95.